The van der Waals surface area contributed by atoms with Gasteiger partial charge in [0.1, 0.15) is 5.78 Å². The van der Waals surface area contributed by atoms with E-state index in [4.69, 9.17) is 9.84 Å². The summed E-state index contributed by atoms with van der Waals surface area (Å²) in [6, 6.07) is 0. The molecule has 15 heavy (non-hydrogen) atoms. The Balaban J connectivity index is 3.20. The first-order valence-electron chi connectivity index (χ1n) is 5.11. The van der Waals surface area contributed by atoms with Gasteiger partial charge in [-0.15, -0.1) is 0 Å². The minimum Gasteiger partial charge on any atom is -0.394 e. The number of ketones is 1. The van der Waals surface area contributed by atoms with Crippen molar-refractivity contribution in [3.05, 3.63) is 0 Å². The lowest BCUT2D eigenvalue weighted by atomic mass is 10.2. The second-order valence-electron chi connectivity index (χ2n) is 3.24. The predicted octanol–water partition coefficient (Wildman–Crippen LogP) is -0.129. The van der Waals surface area contributed by atoms with E-state index < -0.39 is 0 Å². The smallest absolute Gasteiger partial charge is 0.220 e. The lowest BCUT2D eigenvalue weighted by molar-refractivity contribution is -0.124. The second-order valence-corrected chi connectivity index (χ2v) is 3.24. The van der Waals surface area contributed by atoms with Crippen LogP contribution < -0.4 is 5.32 Å². The molecule has 88 valence electrons. The Kier molecular flexibility index (Phi) is 9.01. The van der Waals surface area contributed by atoms with E-state index in [2.05, 4.69) is 5.32 Å². The van der Waals surface area contributed by atoms with E-state index in [0.717, 1.165) is 0 Å². The quantitative estimate of drug-likeness (QED) is 0.528. The molecule has 0 aliphatic heterocycles. The largest absolute Gasteiger partial charge is 0.394 e. The maximum atomic E-state index is 11.1. The molecule has 2 N–H and O–H groups in total. The van der Waals surface area contributed by atoms with Crippen molar-refractivity contribution in [2.75, 3.05) is 26.4 Å². The standard InChI is InChI=1S/C10H19NO4/c1-9(13)3-4-10(14)11-5-2-7-15-8-6-12/h12H,2-8H2,1H3,(H,11,14). The fourth-order valence-corrected chi connectivity index (χ4v) is 0.947. The van der Waals surface area contributed by atoms with Gasteiger partial charge in [-0.3, -0.25) is 4.79 Å². The third-order valence-electron chi connectivity index (χ3n) is 1.73. The fourth-order valence-electron chi connectivity index (χ4n) is 0.947. The van der Waals surface area contributed by atoms with Gasteiger partial charge in [0.25, 0.3) is 0 Å². The molecular formula is C10H19NO4. The van der Waals surface area contributed by atoms with Crippen molar-refractivity contribution in [3.8, 4) is 0 Å². The molecular weight excluding hydrogens is 198 g/mol. The highest BCUT2D eigenvalue weighted by molar-refractivity contribution is 5.83. The first-order valence-corrected chi connectivity index (χ1v) is 5.11. The lowest BCUT2D eigenvalue weighted by Crippen LogP contribution is -2.25. The van der Waals surface area contributed by atoms with Crippen molar-refractivity contribution in [3.63, 3.8) is 0 Å². The Morgan fingerprint density at radius 2 is 2.00 bits per heavy atom. The molecule has 0 radical (unpaired) electrons. The molecule has 0 rings (SSSR count). The zero-order chi connectivity index (χ0) is 11.5. The van der Waals surface area contributed by atoms with Crippen LogP contribution in [0.1, 0.15) is 26.2 Å². The van der Waals surface area contributed by atoms with Gasteiger partial charge in [-0.05, 0) is 13.3 Å². The summed E-state index contributed by atoms with van der Waals surface area (Å²) in [5.74, 6) is -0.0798. The SMILES string of the molecule is CC(=O)CCC(=O)NCCCOCCO. The van der Waals surface area contributed by atoms with Crippen LogP contribution in [0.4, 0.5) is 0 Å². The third kappa shape index (κ3) is 11.0. The number of hydrogen-bond donors (Lipinski definition) is 2. The van der Waals surface area contributed by atoms with Gasteiger partial charge in [-0.2, -0.15) is 0 Å². The number of hydrogen-bond acceptors (Lipinski definition) is 4. The number of carbonyl (C=O) groups is 2. The summed E-state index contributed by atoms with van der Waals surface area (Å²) in [7, 11) is 0. The number of aliphatic hydroxyl groups is 1. The van der Waals surface area contributed by atoms with Crippen molar-refractivity contribution in [1.82, 2.24) is 5.32 Å². The summed E-state index contributed by atoms with van der Waals surface area (Å²) in [5.41, 5.74) is 0. The van der Waals surface area contributed by atoms with Crippen molar-refractivity contribution in [2.45, 2.75) is 26.2 Å². The lowest BCUT2D eigenvalue weighted by Gasteiger charge is -2.04. The zero-order valence-electron chi connectivity index (χ0n) is 9.12. The predicted molar refractivity (Wildman–Crippen MR) is 55.4 cm³/mol. The average Bonchev–Trinajstić information content (AvgIpc) is 2.20. The number of Topliss-reactive ketones (excluding diaryl/α,β-unsaturated/α-hetero) is 1. The molecule has 0 heterocycles. The number of nitrogens with one attached hydrogen (secondary N) is 1. The van der Waals surface area contributed by atoms with Gasteiger partial charge in [0, 0.05) is 26.0 Å². The molecule has 0 saturated carbocycles. The van der Waals surface area contributed by atoms with Crippen LogP contribution in [-0.4, -0.2) is 43.2 Å². The van der Waals surface area contributed by atoms with Gasteiger partial charge in [-0.1, -0.05) is 0 Å². The monoisotopic (exact) mass is 217 g/mol. The van der Waals surface area contributed by atoms with E-state index in [1.807, 2.05) is 0 Å². The fraction of sp³-hybridized carbons (Fsp3) is 0.800. The molecule has 0 saturated heterocycles. The molecule has 1 amide bonds. The van der Waals surface area contributed by atoms with Crippen LogP contribution in [0.5, 0.6) is 0 Å². The summed E-state index contributed by atoms with van der Waals surface area (Å²) >= 11 is 0. The van der Waals surface area contributed by atoms with Crippen LogP contribution in [-0.2, 0) is 14.3 Å². The molecule has 5 nitrogen and oxygen atoms in total. The van der Waals surface area contributed by atoms with E-state index in [1.165, 1.54) is 6.92 Å². The van der Waals surface area contributed by atoms with Gasteiger partial charge in [0.15, 0.2) is 0 Å². The summed E-state index contributed by atoms with van der Waals surface area (Å²) in [6.45, 7) is 2.88. The number of carbonyl (C=O) groups excluding carboxylic acids is 2. The van der Waals surface area contributed by atoms with E-state index in [1.54, 1.807) is 0 Å². The van der Waals surface area contributed by atoms with Crippen LogP contribution in [0.2, 0.25) is 0 Å². The van der Waals surface area contributed by atoms with Crippen molar-refractivity contribution in [2.24, 2.45) is 0 Å². The number of ether oxygens (including phenoxy) is 1. The van der Waals surface area contributed by atoms with Gasteiger partial charge in [0.2, 0.25) is 5.91 Å². The molecule has 0 atom stereocenters. The summed E-state index contributed by atoms with van der Waals surface area (Å²) in [4.78, 5) is 21.7. The van der Waals surface area contributed by atoms with Crippen molar-refractivity contribution in [1.29, 1.82) is 0 Å². The maximum absolute atomic E-state index is 11.1. The molecule has 0 aliphatic carbocycles. The molecule has 0 fully saturated rings. The molecule has 0 aromatic carbocycles. The van der Waals surface area contributed by atoms with Gasteiger partial charge < -0.3 is 20.0 Å². The summed E-state index contributed by atoms with van der Waals surface area (Å²) in [5, 5.41) is 11.1. The Bertz CT molecular complexity index is 194. The minimum absolute atomic E-state index is 0.0188. The van der Waals surface area contributed by atoms with Crippen LogP contribution in [0.25, 0.3) is 0 Å². The second kappa shape index (κ2) is 9.61. The first-order chi connectivity index (χ1) is 7.16. The maximum Gasteiger partial charge on any atom is 0.220 e. The Labute approximate surface area is 89.8 Å². The molecule has 0 spiro atoms. The molecule has 0 unspecified atom stereocenters. The minimum atomic E-state index is -0.104. The van der Waals surface area contributed by atoms with Crippen molar-refractivity contribution >= 4 is 11.7 Å². The van der Waals surface area contributed by atoms with E-state index in [-0.39, 0.29) is 24.7 Å². The highest BCUT2D eigenvalue weighted by Gasteiger charge is 2.02. The number of amides is 1. The highest BCUT2D eigenvalue weighted by atomic mass is 16.5. The summed E-state index contributed by atoms with van der Waals surface area (Å²) in [6.07, 6.45) is 1.27. The third-order valence-corrected chi connectivity index (χ3v) is 1.73. The van der Waals surface area contributed by atoms with Crippen LogP contribution >= 0.6 is 0 Å². The number of rotatable bonds is 9. The van der Waals surface area contributed by atoms with E-state index in [9.17, 15) is 9.59 Å². The topological polar surface area (TPSA) is 75.6 Å². The molecule has 5 heteroatoms. The van der Waals surface area contributed by atoms with Gasteiger partial charge >= 0.3 is 0 Å². The molecule has 0 aromatic rings. The van der Waals surface area contributed by atoms with Gasteiger partial charge in [0.05, 0.1) is 13.2 Å². The average molecular weight is 217 g/mol. The van der Waals surface area contributed by atoms with E-state index in [0.29, 0.717) is 32.6 Å². The molecule has 0 bridgehead atoms. The van der Waals surface area contributed by atoms with Crippen LogP contribution in [0.15, 0.2) is 0 Å². The molecule has 0 aliphatic rings. The van der Waals surface area contributed by atoms with Crippen LogP contribution in [0, 0.1) is 0 Å². The van der Waals surface area contributed by atoms with E-state index >= 15 is 0 Å². The zero-order valence-corrected chi connectivity index (χ0v) is 9.12. The Morgan fingerprint density at radius 1 is 1.27 bits per heavy atom. The van der Waals surface area contributed by atoms with Crippen LogP contribution in [0.3, 0.4) is 0 Å². The molecule has 0 aromatic heterocycles. The number of aliphatic hydroxyl groups excluding tert-OH is 1. The Hall–Kier alpha value is -0.940. The Morgan fingerprint density at radius 3 is 2.60 bits per heavy atom. The summed E-state index contributed by atoms with van der Waals surface area (Å²) < 4.78 is 5.01. The first kappa shape index (κ1) is 14.1. The van der Waals surface area contributed by atoms with Crippen molar-refractivity contribution < 1.29 is 19.4 Å². The van der Waals surface area contributed by atoms with Gasteiger partial charge in [-0.25, -0.2) is 0 Å². The normalized spacial score (nSPS) is 10.0. The highest BCUT2D eigenvalue weighted by Crippen LogP contribution is 1.90.